The number of hydrogen-bond acceptors (Lipinski definition) is 5. The van der Waals surface area contributed by atoms with E-state index in [9.17, 15) is 0 Å². The van der Waals surface area contributed by atoms with E-state index in [1.54, 1.807) is 22.7 Å². The van der Waals surface area contributed by atoms with Gasteiger partial charge in [-0.2, -0.15) is 9.61 Å². The number of aromatic nitrogens is 4. The molecule has 0 N–H and O–H groups in total. The van der Waals surface area contributed by atoms with Crippen LogP contribution in [0.1, 0.15) is 0 Å². The fourth-order valence-electron chi connectivity index (χ4n) is 1.92. The molecule has 0 radical (unpaired) electrons. The van der Waals surface area contributed by atoms with Crippen LogP contribution in [-0.4, -0.2) is 19.8 Å². The van der Waals surface area contributed by atoms with Crippen LogP contribution in [0.3, 0.4) is 0 Å². The lowest BCUT2D eigenvalue weighted by atomic mass is 10.2. The first-order chi connectivity index (χ1) is 9.83. The molecule has 7 heteroatoms. The first-order valence-corrected chi connectivity index (χ1v) is 8.61. The van der Waals surface area contributed by atoms with Crippen molar-refractivity contribution < 1.29 is 0 Å². The van der Waals surface area contributed by atoms with Crippen molar-refractivity contribution in [3.63, 3.8) is 0 Å². The molecular weight excluding hydrogens is 403 g/mol. The first kappa shape index (κ1) is 12.4. The zero-order valence-electron chi connectivity index (χ0n) is 10.0. The van der Waals surface area contributed by atoms with Gasteiger partial charge in [0, 0.05) is 9.13 Å². The minimum atomic E-state index is 0.809. The smallest absolute Gasteiger partial charge is 0.181 e. The summed E-state index contributed by atoms with van der Waals surface area (Å²) in [4.78, 5) is 1.90. The van der Waals surface area contributed by atoms with Crippen LogP contribution < -0.4 is 0 Å². The molecule has 3 heterocycles. The third kappa shape index (κ3) is 1.97. The quantitative estimate of drug-likeness (QED) is 0.466. The van der Waals surface area contributed by atoms with E-state index in [1.165, 1.54) is 3.57 Å². The van der Waals surface area contributed by atoms with Gasteiger partial charge in [-0.25, -0.2) is 0 Å². The second-order valence-electron chi connectivity index (χ2n) is 4.08. The summed E-state index contributed by atoms with van der Waals surface area (Å²) in [6.45, 7) is 0. The molecule has 4 nitrogen and oxygen atoms in total. The fraction of sp³-hybridized carbons (Fsp3) is 0. The highest BCUT2D eigenvalue weighted by molar-refractivity contribution is 14.1. The van der Waals surface area contributed by atoms with E-state index in [2.05, 4.69) is 50.0 Å². The van der Waals surface area contributed by atoms with Gasteiger partial charge in [-0.15, -0.1) is 21.5 Å². The van der Waals surface area contributed by atoms with Crippen LogP contribution in [-0.2, 0) is 0 Å². The Hall–Kier alpha value is -1.32. The van der Waals surface area contributed by atoms with Gasteiger partial charge in [0.15, 0.2) is 5.82 Å². The molecule has 0 saturated carbocycles. The molecule has 0 atom stereocenters. The van der Waals surface area contributed by atoms with E-state index in [4.69, 9.17) is 0 Å². The highest BCUT2D eigenvalue weighted by Crippen LogP contribution is 2.31. The summed E-state index contributed by atoms with van der Waals surface area (Å²) in [5.74, 6) is 0.809. The van der Waals surface area contributed by atoms with E-state index in [-0.39, 0.29) is 0 Å². The zero-order chi connectivity index (χ0) is 13.5. The fourth-order valence-corrected chi connectivity index (χ4v) is 4.32. The Morgan fingerprint density at radius 2 is 1.95 bits per heavy atom. The van der Waals surface area contributed by atoms with Crippen molar-refractivity contribution in [3.05, 3.63) is 45.3 Å². The van der Waals surface area contributed by atoms with Crippen molar-refractivity contribution in [1.29, 1.82) is 0 Å². The third-order valence-electron chi connectivity index (χ3n) is 2.84. The number of thiophene rings is 1. The molecule has 0 spiro atoms. The van der Waals surface area contributed by atoms with Gasteiger partial charge < -0.3 is 0 Å². The Morgan fingerprint density at radius 3 is 2.75 bits per heavy atom. The van der Waals surface area contributed by atoms with Crippen molar-refractivity contribution in [2.24, 2.45) is 0 Å². The Kier molecular flexibility index (Phi) is 3.04. The van der Waals surface area contributed by atoms with Crippen LogP contribution >= 0.6 is 45.3 Å². The summed E-state index contributed by atoms with van der Waals surface area (Å²) < 4.78 is 3.02. The van der Waals surface area contributed by atoms with Gasteiger partial charge in [-0.3, -0.25) is 0 Å². The van der Waals surface area contributed by atoms with Crippen LogP contribution in [0.15, 0.2) is 41.8 Å². The zero-order valence-corrected chi connectivity index (χ0v) is 13.8. The van der Waals surface area contributed by atoms with E-state index in [0.717, 1.165) is 26.2 Å². The average molecular weight is 410 g/mol. The van der Waals surface area contributed by atoms with Gasteiger partial charge in [0.2, 0.25) is 4.96 Å². The predicted octanol–water partition coefficient (Wildman–Crippen LogP) is 4.19. The molecule has 0 bridgehead atoms. The SMILES string of the molecule is Ic1ccccc1-c1nn2c(-c3cccs3)nnc2s1. The average Bonchev–Trinajstić information content (AvgIpc) is 3.14. The Bertz CT molecular complexity index is 879. The summed E-state index contributed by atoms with van der Waals surface area (Å²) in [5.41, 5.74) is 1.14. The number of halogens is 1. The molecule has 1 aromatic carbocycles. The summed E-state index contributed by atoms with van der Waals surface area (Å²) >= 11 is 5.53. The van der Waals surface area contributed by atoms with Gasteiger partial charge in [-0.1, -0.05) is 35.6 Å². The molecule has 4 rings (SSSR count). The molecule has 4 aromatic rings. The van der Waals surface area contributed by atoms with E-state index < -0.39 is 0 Å². The number of fused-ring (bicyclic) bond motifs is 1. The molecular formula is C13H7IN4S2. The minimum Gasteiger partial charge on any atom is -0.181 e. The summed E-state index contributed by atoms with van der Waals surface area (Å²) in [5, 5.41) is 16.1. The second-order valence-corrected chi connectivity index (χ2v) is 7.15. The maximum absolute atomic E-state index is 4.67. The topological polar surface area (TPSA) is 43.1 Å². The van der Waals surface area contributed by atoms with Gasteiger partial charge >= 0.3 is 0 Å². The molecule has 0 saturated heterocycles. The third-order valence-corrected chi connectivity index (χ3v) is 5.58. The van der Waals surface area contributed by atoms with Gasteiger partial charge in [0.05, 0.1) is 4.88 Å². The maximum Gasteiger partial charge on any atom is 0.235 e. The minimum absolute atomic E-state index is 0.809. The molecule has 0 aliphatic heterocycles. The van der Waals surface area contributed by atoms with E-state index >= 15 is 0 Å². The van der Waals surface area contributed by atoms with Crippen LogP contribution in [0.5, 0.6) is 0 Å². The van der Waals surface area contributed by atoms with Crippen LogP contribution in [0.25, 0.3) is 26.2 Å². The maximum atomic E-state index is 4.67. The molecule has 0 fully saturated rings. The molecule has 3 aromatic heterocycles. The number of hydrogen-bond donors (Lipinski definition) is 0. The lowest BCUT2D eigenvalue weighted by Crippen LogP contribution is -1.89. The van der Waals surface area contributed by atoms with Crippen molar-refractivity contribution >= 4 is 50.2 Å². The van der Waals surface area contributed by atoms with Crippen molar-refractivity contribution in [2.45, 2.75) is 0 Å². The highest BCUT2D eigenvalue weighted by atomic mass is 127. The van der Waals surface area contributed by atoms with Crippen LogP contribution in [0, 0.1) is 3.57 Å². The van der Waals surface area contributed by atoms with Gasteiger partial charge in [0.25, 0.3) is 0 Å². The lowest BCUT2D eigenvalue weighted by Gasteiger charge is -1.98. The molecule has 0 unspecified atom stereocenters. The van der Waals surface area contributed by atoms with E-state index in [0.29, 0.717) is 0 Å². The van der Waals surface area contributed by atoms with E-state index in [1.807, 2.05) is 34.2 Å². The normalized spacial score (nSPS) is 11.2. The predicted molar refractivity (Wildman–Crippen MR) is 90.1 cm³/mol. The summed E-state index contributed by atoms with van der Waals surface area (Å²) in [6, 6.07) is 12.3. The van der Waals surface area contributed by atoms with Crippen LogP contribution in [0.4, 0.5) is 0 Å². The van der Waals surface area contributed by atoms with Crippen molar-refractivity contribution in [2.75, 3.05) is 0 Å². The first-order valence-electron chi connectivity index (χ1n) is 5.84. The monoisotopic (exact) mass is 410 g/mol. The molecule has 0 aliphatic rings. The number of rotatable bonds is 2. The Morgan fingerprint density at radius 1 is 1.05 bits per heavy atom. The molecule has 0 amide bonds. The molecule has 20 heavy (non-hydrogen) atoms. The highest BCUT2D eigenvalue weighted by Gasteiger charge is 2.15. The summed E-state index contributed by atoms with van der Waals surface area (Å²) in [6.07, 6.45) is 0. The number of benzene rings is 1. The van der Waals surface area contributed by atoms with Crippen LogP contribution in [0.2, 0.25) is 0 Å². The molecule has 98 valence electrons. The lowest BCUT2D eigenvalue weighted by molar-refractivity contribution is 0.973. The summed E-state index contributed by atoms with van der Waals surface area (Å²) in [7, 11) is 0. The van der Waals surface area contributed by atoms with Gasteiger partial charge in [0.1, 0.15) is 5.01 Å². The van der Waals surface area contributed by atoms with Gasteiger partial charge in [-0.05, 0) is 40.1 Å². The Labute approximate surface area is 136 Å². The van der Waals surface area contributed by atoms with Crippen molar-refractivity contribution in [1.82, 2.24) is 19.8 Å². The second kappa shape index (κ2) is 4.90. The standard InChI is InChI=1S/C13H7IN4S2/c14-9-5-2-1-4-8(9)12-17-18-11(10-6-3-7-19-10)15-16-13(18)20-12/h1-7H. The largest absolute Gasteiger partial charge is 0.235 e. The molecule has 0 aliphatic carbocycles. The van der Waals surface area contributed by atoms with Crippen molar-refractivity contribution in [3.8, 4) is 21.3 Å². The Balaban J connectivity index is 1.91. The number of nitrogens with zero attached hydrogens (tertiary/aromatic N) is 4.